The van der Waals surface area contributed by atoms with E-state index in [1.165, 1.54) is 24.3 Å². The molecule has 126 valence electrons. The molecular formula is C18H12BrFN2O3. The summed E-state index contributed by atoms with van der Waals surface area (Å²) in [5.41, 5.74) is 0.470. The molecule has 0 saturated carbocycles. The minimum atomic E-state index is -1.31. The number of carbonyl (C=O) groups excluding carboxylic acids is 2. The van der Waals surface area contributed by atoms with Crippen molar-refractivity contribution in [2.45, 2.75) is 18.4 Å². The quantitative estimate of drug-likeness (QED) is 0.723. The molecule has 0 N–H and O–H groups in total. The predicted molar refractivity (Wildman–Crippen MR) is 92.6 cm³/mol. The van der Waals surface area contributed by atoms with Gasteiger partial charge in [0.25, 0.3) is 5.91 Å². The highest BCUT2D eigenvalue weighted by molar-refractivity contribution is 9.10. The SMILES string of the molecule is O=C1C[C@@]2(CC(c3ccc(Br)cc3)=NO2)C(=O)N1c1ccc(F)cc1. The van der Waals surface area contributed by atoms with E-state index < -0.39 is 17.3 Å². The zero-order chi connectivity index (χ0) is 17.6. The van der Waals surface area contributed by atoms with Crippen LogP contribution in [-0.4, -0.2) is 23.1 Å². The molecule has 2 amide bonds. The minimum Gasteiger partial charge on any atom is -0.378 e. The molecule has 7 heteroatoms. The second-order valence-corrected chi connectivity index (χ2v) is 6.91. The number of anilines is 1. The van der Waals surface area contributed by atoms with Crippen molar-refractivity contribution in [1.29, 1.82) is 0 Å². The second kappa shape index (κ2) is 5.77. The van der Waals surface area contributed by atoms with Crippen molar-refractivity contribution in [2.75, 3.05) is 4.90 Å². The summed E-state index contributed by atoms with van der Waals surface area (Å²) in [5, 5.41) is 4.04. The van der Waals surface area contributed by atoms with Crippen LogP contribution in [-0.2, 0) is 14.4 Å². The molecule has 2 aromatic rings. The molecule has 2 aliphatic heterocycles. The van der Waals surface area contributed by atoms with E-state index in [0.29, 0.717) is 11.4 Å². The molecule has 0 aliphatic carbocycles. The van der Waals surface area contributed by atoms with E-state index in [2.05, 4.69) is 21.1 Å². The van der Waals surface area contributed by atoms with Crippen molar-refractivity contribution in [2.24, 2.45) is 5.16 Å². The first-order valence-electron chi connectivity index (χ1n) is 7.62. The Hall–Kier alpha value is -2.54. The van der Waals surface area contributed by atoms with Crippen LogP contribution in [0.2, 0.25) is 0 Å². The Morgan fingerprint density at radius 2 is 1.72 bits per heavy atom. The Morgan fingerprint density at radius 1 is 1.04 bits per heavy atom. The minimum absolute atomic E-state index is 0.0905. The number of benzene rings is 2. The topological polar surface area (TPSA) is 59.0 Å². The highest BCUT2D eigenvalue weighted by Crippen LogP contribution is 2.39. The van der Waals surface area contributed by atoms with E-state index in [9.17, 15) is 14.0 Å². The average molecular weight is 403 g/mol. The van der Waals surface area contributed by atoms with Gasteiger partial charge < -0.3 is 4.84 Å². The van der Waals surface area contributed by atoms with Crippen molar-refractivity contribution in [1.82, 2.24) is 0 Å². The Bertz CT molecular complexity index is 896. The van der Waals surface area contributed by atoms with E-state index in [4.69, 9.17) is 4.84 Å². The van der Waals surface area contributed by atoms with Crippen molar-refractivity contribution in [3.8, 4) is 0 Å². The zero-order valence-electron chi connectivity index (χ0n) is 12.9. The Morgan fingerprint density at radius 3 is 2.40 bits per heavy atom. The highest BCUT2D eigenvalue weighted by atomic mass is 79.9. The summed E-state index contributed by atoms with van der Waals surface area (Å²) in [5.74, 6) is -1.29. The van der Waals surface area contributed by atoms with E-state index in [0.717, 1.165) is 14.9 Å². The van der Waals surface area contributed by atoms with Crippen molar-refractivity contribution in [3.05, 3.63) is 64.4 Å². The van der Waals surface area contributed by atoms with Gasteiger partial charge in [0.15, 0.2) is 0 Å². The molecule has 0 unspecified atom stereocenters. The molecule has 1 atom stereocenters. The van der Waals surface area contributed by atoms with Gasteiger partial charge in [-0.25, -0.2) is 9.29 Å². The number of imide groups is 1. The van der Waals surface area contributed by atoms with Gasteiger partial charge in [0.1, 0.15) is 5.82 Å². The smallest absolute Gasteiger partial charge is 0.281 e. The summed E-state index contributed by atoms with van der Waals surface area (Å²) in [7, 11) is 0. The number of amides is 2. The molecule has 0 radical (unpaired) electrons. The van der Waals surface area contributed by atoms with Crippen LogP contribution in [0.15, 0.2) is 58.2 Å². The van der Waals surface area contributed by atoms with Gasteiger partial charge in [-0.15, -0.1) is 0 Å². The van der Waals surface area contributed by atoms with Crippen LogP contribution >= 0.6 is 15.9 Å². The van der Waals surface area contributed by atoms with E-state index >= 15 is 0 Å². The van der Waals surface area contributed by atoms with Gasteiger partial charge in [0.05, 0.1) is 17.8 Å². The summed E-state index contributed by atoms with van der Waals surface area (Å²) < 4.78 is 14.0. The van der Waals surface area contributed by atoms with Crippen molar-refractivity contribution >= 4 is 39.1 Å². The van der Waals surface area contributed by atoms with Gasteiger partial charge in [0.2, 0.25) is 11.5 Å². The largest absolute Gasteiger partial charge is 0.378 e. The summed E-state index contributed by atoms with van der Waals surface area (Å²) in [6.07, 6.45) is 0.129. The number of hydrogen-bond donors (Lipinski definition) is 0. The lowest BCUT2D eigenvalue weighted by Gasteiger charge is -2.19. The van der Waals surface area contributed by atoms with Gasteiger partial charge in [-0.3, -0.25) is 9.59 Å². The summed E-state index contributed by atoms with van der Waals surface area (Å²) in [6, 6.07) is 12.7. The molecule has 25 heavy (non-hydrogen) atoms. The predicted octanol–water partition coefficient (Wildman–Crippen LogP) is 3.41. The van der Waals surface area contributed by atoms with Crippen LogP contribution in [0.4, 0.5) is 10.1 Å². The van der Waals surface area contributed by atoms with Crippen LogP contribution in [0.1, 0.15) is 18.4 Å². The normalized spacial score (nSPS) is 22.5. The summed E-state index contributed by atoms with van der Waals surface area (Å²) in [4.78, 5) is 31.7. The first kappa shape index (κ1) is 16.0. The van der Waals surface area contributed by atoms with Crippen molar-refractivity contribution in [3.63, 3.8) is 0 Å². The lowest BCUT2D eigenvalue weighted by molar-refractivity contribution is -0.136. The molecular weight excluding hydrogens is 391 g/mol. The maximum absolute atomic E-state index is 13.1. The first-order chi connectivity index (χ1) is 12.0. The molecule has 0 bridgehead atoms. The summed E-state index contributed by atoms with van der Waals surface area (Å²) >= 11 is 3.37. The number of halogens is 2. The van der Waals surface area contributed by atoms with Gasteiger partial charge >= 0.3 is 0 Å². The molecule has 1 saturated heterocycles. The Balaban J connectivity index is 1.60. The van der Waals surface area contributed by atoms with Crippen LogP contribution in [0.25, 0.3) is 0 Å². The molecule has 2 heterocycles. The number of hydrogen-bond acceptors (Lipinski definition) is 4. The van der Waals surface area contributed by atoms with E-state index in [1.54, 1.807) is 0 Å². The van der Waals surface area contributed by atoms with Gasteiger partial charge in [-0.05, 0) is 42.0 Å². The number of rotatable bonds is 2. The fourth-order valence-electron chi connectivity index (χ4n) is 3.05. The number of nitrogens with zero attached hydrogens (tertiary/aromatic N) is 2. The summed E-state index contributed by atoms with van der Waals surface area (Å²) in [6.45, 7) is 0. The third-order valence-electron chi connectivity index (χ3n) is 4.32. The van der Waals surface area contributed by atoms with Crippen LogP contribution in [0, 0.1) is 5.82 Å². The molecule has 2 aromatic carbocycles. The van der Waals surface area contributed by atoms with E-state index in [-0.39, 0.29) is 18.7 Å². The Labute approximate surface area is 151 Å². The molecule has 5 nitrogen and oxygen atoms in total. The highest BCUT2D eigenvalue weighted by Gasteiger charge is 2.58. The maximum atomic E-state index is 13.1. The maximum Gasteiger partial charge on any atom is 0.281 e. The van der Waals surface area contributed by atoms with Crippen LogP contribution in [0.3, 0.4) is 0 Å². The Kier molecular flexibility index (Phi) is 3.68. The average Bonchev–Trinajstić information content (AvgIpc) is 3.12. The lowest BCUT2D eigenvalue weighted by Crippen LogP contribution is -2.40. The van der Waals surface area contributed by atoms with Gasteiger partial charge in [0, 0.05) is 10.9 Å². The van der Waals surface area contributed by atoms with Crippen LogP contribution < -0.4 is 4.90 Å². The fourth-order valence-corrected chi connectivity index (χ4v) is 3.32. The second-order valence-electron chi connectivity index (χ2n) is 5.99. The van der Waals surface area contributed by atoms with E-state index in [1.807, 2.05) is 24.3 Å². The van der Waals surface area contributed by atoms with Crippen molar-refractivity contribution < 1.29 is 18.8 Å². The van der Waals surface area contributed by atoms with Gasteiger partial charge in [-0.1, -0.05) is 33.2 Å². The monoisotopic (exact) mass is 402 g/mol. The zero-order valence-corrected chi connectivity index (χ0v) is 14.5. The molecule has 0 aromatic heterocycles. The molecule has 1 fully saturated rings. The fraction of sp³-hybridized carbons (Fsp3) is 0.167. The number of oxime groups is 1. The standard InChI is InChI=1S/C18H12BrFN2O3/c19-12-3-1-11(2-4-12)15-9-18(25-21-15)10-16(23)22(17(18)24)14-7-5-13(20)6-8-14/h1-8H,9-10H2/t18-/m0/s1. The first-order valence-corrected chi connectivity index (χ1v) is 8.42. The third-order valence-corrected chi connectivity index (χ3v) is 4.85. The lowest BCUT2D eigenvalue weighted by atomic mass is 9.93. The molecule has 4 rings (SSSR count). The van der Waals surface area contributed by atoms with Crippen LogP contribution in [0.5, 0.6) is 0 Å². The number of carbonyl (C=O) groups is 2. The van der Waals surface area contributed by atoms with Gasteiger partial charge in [-0.2, -0.15) is 0 Å². The molecule has 2 aliphatic rings. The molecule has 1 spiro atoms. The third kappa shape index (κ3) is 2.64.